The van der Waals surface area contributed by atoms with E-state index in [4.69, 9.17) is 0 Å². The van der Waals surface area contributed by atoms with Gasteiger partial charge in [-0.3, -0.25) is 0 Å². The maximum Gasteiger partial charge on any atom is 0.257 e. The monoisotopic (exact) mass is 266 g/mol. The molecule has 0 aromatic heterocycles. The quantitative estimate of drug-likeness (QED) is 0.821. The third kappa shape index (κ3) is 2.91. The summed E-state index contributed by atoms with van der Waals surface area (Å²) in [6.45, 7) is 3.67. The van der Waals surface area contributed by atoms with Crippen LogP contribution in [0.3, 0.4) is 0 Å². The Balaban J connectivity index is 2.17. The van der Waals surface area contributed by atoms with Gasteiger partial charge in [-0.25, -0.2) is 8.42 Å². The van der Waals surface area contributed by atoms with Crippen LogP contribution in [0, 0.1) is 13.8 Å². The van der Waals surface area contributed by atoms with Crippen LogP contribution in [0.5, 0.6) is 0 Å². The van der Waals surface area contributed by atoms with Gasteiger partial charge in [-0.1, -0.05) is 18.2 Å². The third-order valence-electron chi connectivity index (χ3n) is 3.02. The minimum atomic E-state index is -3.50. The first-order valence-corrected chi connectivity index (χ1v) is 7.51. The van der Waals surface area contributed by atoms with Gasteiger partial charge in [0.15, 0.2) is 0 Å². The number of hydrazine groups is 1. The molecule has 0 atom stereocenters. The van der Waals surface area contributed by atoms with E-state index >= 15 is 0 Å². The summed E-state index contributed by atoms with van der Waals surface area (Å²) in [6, 6.07) is 5.41. The summed E-state index contributed by atoms with van der Waals surface area (Å²) < 4.78 is 24.3. The minimum absolute atomic E-state index is 0.327. The van der Waals surface area contributed by atoms with Crippen molar-refractivity contribution in [3.8, 4) is 0 Å². The molecule has 0 radical (unpaired) electrons. The van der Waals surface area contributed by atoms with E-state index in [1.165, 1.54) is 0 Å². The van der Waals surface area contributed by atoms with Crippen molar-refractivity contribution >= 4 is 10.0 Å². The zero-order valence-corrected chi connectivity index (χ0v) is 11.5. The molecule has 1 aromatic carbocycles. The van der Waals surface area contributed by atoms with E-state index in [9.17, 15) is 8.42 Å². The molecular formula is C13H18N2O2S. The molecule has 0 fully saturated rings. The van der Waals surface area contributed by atoms with Crippen LogP contribution in [0.4, 0.5) is 0 Å². The van der Waals surface area contributed by atoms with Crippen molar-refractivity contribution in [2.45, 2.75) is 38.0 Å². The molecule has 4 nitrogen and oxygen atoms in total. The Kier molecular flexibility index (Phi) is 3.73. The van der Waals surface area contributed by atoms with Crippen LogP contribution in [0.15, 0.2) is 34.9 Å². The van der Waals surface area contributed by atoms with Crippen molar-refractivity contribution in [2.75, 3.05) is 0 Å². The molecule has 1 aliphatic carbocycles. The zero-order chi connectivity index (χ0) is 13.2. The Hall–Kier alpha value is -1.33. The number of rotatable bonds is 4. The van der Waals surface area contributed by atoms with Crippen molar-refractivity contribution < 1.29 is 8.42 Å². The smallest absolute Gasteiger partial charge is 0.257 e. The summed E-state index contributed by atoms with van der Waals surface area (Å²) in [5, 5.41) is 0. The Labute approximate surface area is 108 Å². The predicted octanol–water partition coefficient (Wildman–Crippen LogP) is 2.15. The molecule has 0 spiro atoms. The van der Waals surface area contributed by atoms with Crippen LogP contribution >= 0.6 is 0 Å². The van der Waals surface area contributed by atoms with Gasteiger partial charge in [0.1, 0.15) is 0 Å². The predicted molar refractivity (Wildman–Crippen MR) is 71.3 cm³/mol. The summed E-state index contributed by atoms with van der Waals surface area (Å²) in [6.07, 6.45) is 5.00. The van der Waals surface area contributed by atoms with Crippen LogP contribution in [0.25, 0.3) is 0 Å². The second-order valence-electron chi connectivity index (χ2n) is 4.62. The highest BCUT2D eigenvalue weighted by atomic mass is 32.2. The van der Waals surface area contributed by atoms with Crippen molar-refractivity contribution in [1.82, 2.24) is 10.3 Å². The molecule has 18 heavy (non-hydrogen) atoms. The van der Waals surface area contributed by atoms with Gasteiger partial charge in [-0.15, -0.1) is 4.83 Å². The molecule has 0 heterocycles. The highest BCUT2D eigenvalue weighted by molar-refractivity contribution is 7.89. The molecule has 2 rings (SSSR count). The van der Waals surface area contributed by atoms with E-state index in [0.29, 0.717) is 4.90 Å². The molecule has 98 valence electrons. The molecule has 0 aliphatic heterocycles. The molecular weight excluding hydrogens is 248 g/mol. The van der Waals surface area contributed by atoms with Gasteiger partial charge in [-0.05, 0) is 50.3 Å². The number of hydrogen-bond donors (Lipinski definition) is 2. The molecule has 0 saturated carbocycles. The van der Waals surface area contributed by atoms with Crippen LogP contribution in [0.2, 0.25) is 0 Å². The fraction of sp³-hybridized carbons (Fsp3) is 0.385. The second kappa shape index (κ2) is 5.12. The normalized spacial score (nSPS) is 15.6. The van der Waals surface area contributed by atoms with Crippen LogP contribution in [-0.2, 0) is 10.0 Å². The molecule has 2 N–H and O–H groups in total. The molecule has 0 unspecified atom stereocenters. The summed E-state index contributed by atoms with van der Waals surface area (Å²) in [4.78, 5) is 2.77. The number of sulfonamides is 1. The van der Waals surface area contributed by atoms with Gasteiger partial charge in [-0.2, -0.15) is 0 Å². The first kappa shape index (κ1) is 13.1. The van der Waals surface area contributed by atoms with Gasteiger partial charge in [0.2, 0.25) is 0 Å². The van der Waals surface area contributed by atoms with Crippen molar-refractivity contribution in [2.24, 2.45) is 0 Å². The highest BCUT2D eigenvalue weighted by Gasteiger charge is 2.17. The Morgan fingerprint density at radius 2 is 2.00 bits per heavy atom. The summed E-state index contributed by atoms with van der Waals surface area (Å²) in [5.74, 6) is 0. The van der Waals surface area contributed by atoms with Crippen molar-refractivity contribution in [1.29, 1.82) is 0 Å². The fourth-order valence-corrected chi connectivity index (χ4v) is 3.18. The van der Waals surface area contributed by atoms with E-state index in [2.05, 4.69) is 10.3 Å². The summed E-state index contributed by atoms with van der Waals surface area (Å²) >= 11 is 0. The Morgan fingerprint density at radius 1 is 1.22 bits per heavy atom. The van der Waals surface area contributed by atoms with Gasteiger partial charge in [0.25, 0.3) is 10.0 Å². The standard InChI is InChI=1S/C13H18N2O2S/c1-10-7-8-11(2)13(9-10)18(16,17)15-14-12-5-3-4-6-12/h5,7-9,14-15H,3-4,6H2,1-2H3. The van der Waals surface area contributed by atoms with Crippen LogP contribution in [0.1, 0.15) is 30.4 Å². The molecule has 5 heteroatoms. The zero-order valence-electron chi connectivity index (χ0n) is 10.7. The molecule has 1 aliphatic rings. The lowest BCUT2D eigenvalue weighted by Gasteiger charge is -2.12. The van der Waals surface area contributed by atoms with Gasteiger partial charge in [0.05, 0.1) is 4.90 Å². The first-order valence-electron chi connectivity index (χ1n) is 6.03. The number of hydrogen-bond acceptors (Lipinski definition) is 3. The van der Waals surface area contributed by atoms with E-state index in [0.717, 1.165) is 36.1 Å². The molecule has 1 aromatic rings. The van der Waals surface area contributed by atoms with E-state index in [1.807, 2.05) is 25.1 Å². The number of benzene rings is 1. The third-order valence-corrected chi connectivity index (χ3v) is 4.41. The number of allylic oxidation sites excluding steroid dienone is 2. The first-order chi connectivity index (χ1) is 8.49. The maximum absolute atomic E-state index is 12.2. The summed E-state index contributed by atoms with van der Waals surface area (Å²) in [5.41, 5.74) is 5.42. The fourth-order valence-electron chi connectivity index (χ4n) is 1.97. The molecule has 0 bridgehead atoms. The summed E-state index contributed by atoms with van der Waals surface area (Å²) in [7, 11) is -3.50. The Bertz CT molecular complexity index is 577. The highest BCUT2D eigenvalue weighted by Crippen LogP contribution is 2.17. The maximum atomic E-state index is 12.2. The topological polar surface area (TPSA) is 58.2 Å². The lowest BCUT2D eigenvalue weighted by Crippen LogP contribution is -2.36. The SMILES string of the molecule is Cc1ccc(C)c(S(=O)(=O)NNC2=CCCC2)c1. The lowest BCUT2D eigenvalue weighted by atomic mass is 10.2. The number of aryl methyl sites for hydroxylation is 2. The molecule has 0 saturated heterocycles. The van der Waals surface area contributed by atoms with Crippen LogP contribution in [-0.4, -0.2) is 8.42 Å². The van der Waals surface area contributed by atoms with Crippen molar-refractivity contribution in [3.05, 3.63) is 41.1 Å². The minimum Gasteiger partial charge on any atom is -0.312 e. The van der Waals surface area contributed by atoms with E-state index in [1.54, 1.807) is 13.0 Å². The average Bonchev–Trinajstić information content (AvgIpc) is 2.83. The van der Waals surface area contributed by atoms with E-state index in [-0.39, 0.29) is 0 Å². The lowest BCUT2D eigenvalue weighted by molar-refractivity contribution is 0.568. The second-order valence-corrected chi connectivity index (χ2v) is 6.27. The van der Waals surface area contributed by atoms with Gasteiger partial charge < -0.3 is 5.43 Å². The van der Waals surface area contributed by atoms with Gasteiger partial charge in [0, 0.05) is 5.70 Å². The average molecular weight is 266 g/mol. The van der Waals surface area contributed by atoms with Gasteiger partial charge >= 0.3 is 0 Å². The largest absolute Gasteiger partial charge is 0.312 e. The molecule has 0 amide bonds. The van der Waals surface area contributed by atoms with Crippen LogP contribution < -0.4 is 10.3 Å². The number of nitrogens with one attached hydrogen (secondary N) is 2. The van der Waals surface area contributed by atoms with E-state index < -0.39 is 10.0 Å². The Morgan fingerprint density at radius 3 is 2.67 bits per heavy atom. The van der Waals surface area contributed by atoms with Crippen molar-refractivity contribution in [3.63, 3.8) is 0 Å².